The van der Waals surface area contributed by atoms with Crippen LogP contribution in [0.2, 0.25) is 0 Å². The van der Waals surface area contributed by atoms with Crippen LogP contribution in [0.3, 0.4) is 0 Å². The van der Waals surface area contributed by atoms with E-state index in [4.69, 9.17) is 0 Å². The van der Waals surface area contributed by atoms with E-state index in [2.05, 4.69) is 20.8 Å². The monoisotopic (exact) mass is 279 g/mol. The Morgan fingerprint density at radius 3 is 2.25 bits per heavy atom. The summed E-state index contributed by atoms with van der Waals surface area (Å²) in [6.07, 6.45) is 5.88. The van der Waals surface area contributed by atoms with Crippen LogP contribution < -0.4 is 0 Å². The summed E-state index contributed by atoms with van der Waals surface area (Å²) < 4.78 is 0. The molecule has 0 aromatic heterocycles. The van der Waals surface area contributed by atoms with E-state index < -0.39 is 11.9 Å². The standard InChI is InChI=1S/C16H25NO3/c1-16(2,3)11-8-9-17(10-11)14(18)12-6-4-5-7-13(12)15(19)20/h4-5,11-13H,6-10H2,1-3H3,(H,19,20)/t11?,12-,13+/m1/s1. The lowest BCUT2D eigenvalue weighted by molar-refractivity contribution is -0.150. The molecule has 2 rings (SSSR count). The third-order valence-corrected chi connectivity index (χ3v) is 4.79. The second-order valence-electron chi connectivity index (χ2n) is 7.13. The van der Waals surface area contributed by atoms with Gasteiger partial charge in [-0.15, -0.1) is 0 Å². The van der Waals surface area contributed by atoms with Gasteiger partial charge in [0, 0.05) is 13.1 Å². The van der Waals surface area contributed by atoms with Gasteiger partial charge in [0.1, 0.15) is 0 Å². The van der Waals surface area contributed by atoms with Crippen LogP contribution in [0.15, 0.2) is 12.2 Å². The first-order chi connectivity index (χ1) is 9.30. The number of rotatable bonds is 2. The molecule has 1 saturated heterocycles. The van der Waals surface area contributed by atoms with Crippen molar-refractivity contribution in [2.75, 3.05) is 13.1 Å². The summed E-state index contributed by atoms with van der Waals surface area (Å²) >= 11 is 0. The normalized spacial score (nSPS) is 30.6. The number of hydrogen-bond acceptors (Lipinski definition) is 2. The molecular weight excluding hydrogens is 254 g/mol. The molecule has 2 aliphatic rings. The topological polar surface area (TPSA) is 57.6 Å². The summed E-state index contributed by atoms with van der Waals surface area (Å²) in [5.41, 5.74) is 0.202. The maximum atomic E-state index is 12.6. The number of nitrogens with zero attached hydrogens (tertiary/aromatic N) is 1. The number of allylic oxidation sites excluding steroid dienone is 2. The first-order valence-electron chi connectivity index (χ1n) is 7.47. The number of amides is 1. The molecule has 1 aliphatic carbocycles. The zero-order valence-electron chi connectivity index (χ0n) is 12.6. The maximum absolute atomic E-state index is 12.6. The summed E-state index contributed by atoms with van der Waals surface area (Å²) in [7, 11) is 0. The molecule has 1 N–H and O–H groups in total. The van der Waals surface area contributed by atoms with Crippen molar-refractivity contribution >= 4 is 11.9 Å². The molecule has 0 aromatic rings. The largest absolute Gasteiger partial charge is 0.481 e. The summed E-state index contributed by atoms with van der Waals surface area (Å²) in [5, 5.41) is 9.28. The van der Waals surface area contributed by atoms with Crippen LogP contribution >= 0.6 is 0 Å². The van der Waals surface area contributed by atoms with Gasteiger partial charge in [-0.3, -0.25) is 9.59 Å². The Labute approximate surface area is 120 Å². The van der Waals surface area contributed by atoms with Gasteiger partial charge in [-0.25, -0.2) is 0 Å². The van der Waals surface area contributed by atoms with Crippen LogP contribution in [0.25, 0.3) is 0 Å². The van der Waals surface area contributed by atoms with Crippen LogP contribution in [0.4, 0.5) is 0 Å². The predicted molar refractivity (Wildman–Crippen MR) is 77.1 cm³/mol. The van der Waals surface area contributed by atoms with Crippen LogP contribution in [-0.2, 0) is 9.59 Å². The number of carbonyl (C=O) groups is 2. The van der Waals surface area contributed by atoms with Crippen molar-refractivity contribution < 1.29 is 14.7 Å². The van der Waals surface area contributed by atoms with Crippen molar-refractivity contribution in [3.63, 3.8) is 0 Å². The molecule has 0 aromatic carbocycles. The molecule has 1 amide bonds. The first kappa shape index (κ1) is 15.1. The van der Waals surface area contributed by atoms with Crippen LogP contribution in [-0.4, -0.2) is 35.0 Å². The Bertz CT molecular complexity index is 422. The third kappa shape index (κ3) is 3.05. The van der Waals surface area contributed by atoms with Crippen molar-refractivity contribution in [1.82, 2.24) is 4.90 Å². The molecule has 0 spiro atoms. The maximum Gasteiger partial charge on any atom is 0.307 e. The molecule has 3 atom stereocenters. The van der Waals surface area contributed by atoms with Crippen LogP contribution in [0.5, 0.6) is 0 Å². The van der Waals surface area contributed by atoms with Gasteiger partial charge < -0.3 is 10.0 Å². The molecular formula is C16H25NO3. The highest BCUT2D eigenvalue weighted by molar-refractivity contribution is 5.85. The predicted octanol–water partition coefficient (Wildman–Crippen LogP) is 2.55. The average molecular weight is 279 g/mol. The SMILES string of the molecule is CC(C)(C)C1CCN(C(=O)[C@@H]2CC=CC[C@@H]2C(=O)O)C1. The molecule has 4 heteroatoms. The summed E-state index contributed by atoms with van der Waals surface area (Å²) in [6.45, 7) is 8.15. The quantitative estimate of drug-likeness (QED) is 0.790. The van der Waals surface area contributed by atoms with E-state index in [-0.39, 0.29) is 17.2 Å². The van der Waals surface area contributed by atoms with Crippen molar-refractivity contribution in [2.24, 2.45) is 23.2 Å². The number of hydrogen-bond donors (Lipinski definition) is 1. The number of carbonyl (C=O) groups excluding carboxylic acids is 1. The van der Waals surface area contributed by atoms with E-state index in [1.807, 2.05) is 17.1 Å². The second-order valence-corrected chi connectivity index (χ2v) is 7.13. The Kier molecular flexibility index (Phi) is 4.21. The number of carboxylic acid groups (broad SMARTS) is 1. The molecule has 20 heavy (non-hydrogen) atoms. The summed E-state index contributed by atoms with van der Waals surface area (Å²) in [4.78, 5) is 25.8. The summed E-state index contributed by atoms with van der Waals surface area (Å²) in [6, 6.07) is 0. The van der Waals surface area contributed by atoms with Crippen molar-refractivity contribution in [2.45, 2.75) is 40.0 Å². The fourth-order valence-corrected chi connectivity index (χ4v) is 3.26. The fraction of sp³-hybridized carbons (Fsp3) is 0.750. The minimum absolute atomic E-state index is 0.0356. The highest BCUT2D eigenvalue weighted by atomic mass is 16.4. The van der Waals surface area contributed by atoms with Gasteiger partial charge in [0.2, 0.25) is 5.91 Å². The van der Waals surface area contributed by atoms with Crippen molar-refractivity contribution in [3.05, 3.63) is 12.2 Å². The first-order valence-corrected chi connectivity index (χ1v) is 7.47. The second kappa shape index (κ2) is 5.58. The Morgan fingerprint density at radius 1 is 1.15 bits per heavy atom. The van der Waals surface area contributed by atoms with Gasteiger partial charge in [0.25, 0.3) is 0 Å². The van der Waals surface area contributed by atoms with Crippen molar-refractivity contribution in [3.8, 4) is 0 Å². The molecule has 1 unspecified atom stereocenters. The number of aliphatic carboxylic acids is 1. The fourth-order valence-electron chi connectivity index (χ4n) is 3.26. The third-order valence-electron chi connectivity index (χ3n) is 4.79. The smallest absolute Gasteiger partial charge is 0.307 e. The van der Waals surface area contributed by atoms with Gasteiger partial charge in [0.15, 0.2) is 0 Å². The van der Waals surface area contributed by atoms with E-state index in [0.717, 1.165) is 19.5 Å². The molecule has 0 bridgehead atoms. The van der Waals surface area contributed by atoms with Crippen LogP contribution in [0.1, 0.15) is 40.0 Å². The lowest BCUT2D eigenvalue weighted by Crippen LogP contribution is -2.41. The molecule has 1 aliphatic heterocycles. The van der Waals surface area contributed by atoms with Gasteiger partial charge in [0.05, 0.1) is 11.8 Å². The lowest BCUT2D eigenvalue weighted by atomic mass is 9.80. The number of likely N-dealkylation sites (tertiary alicyclic amines) is 1. The zero-order chi connectivity index (χ0) is 14.9. The number of carboxylic acids is 1. The molecule has 0 radical (unpaired) electrons. The molecule has 112 valence electrons. The van der Waals surface area contributed by atoms with E-state index in [1.165, 1.54) is 0 Å². The van der Waals surface area contributed by atoms with E-state index >= 15 is 0 Å². The van der Waals surface area contributed by atoms with Crippen LogP contribution in [0, 0.1) is 23.2 Å². The van der Waals surface area contributed by atoms with E-state index in [0.29, 0.717) is 18.8 Å². The van der Waals surface area contributed by atoms with Gasteiger partial charge in [-0.2, -0.15) is 0 Å². The molecule has 1 fully saturated rings. The Balaban J connectivity index is 2.04. The summed E-state index contributed by atoms with van der Waals surface area (Å²) in [5.74, 6) is -1.24. The van der Waals surface area contributed by atoms with E-state index in [9.17, 15) is 14.7 Å². The van der Waals surface area contributed by atoms with Gasteiger partial charge >= 0.3 is 5.97 Å². The van der Waals surface area contributed by atoms with E-state index in [1.54, 1.807) is 0 Å². The van der Waals surface area contributed by atoms with Gasteiger partial charge in [-0.1, -0.05) is 32.9 Å². The minimum atomic E-state index is -0.848. The minimum Gasteiger partial charge on any atom is -0.481 e. The Hall–Kier alpha value is -1.32. The zero-order valence-corrected chi connectivity index (χ0v) is 12.6. The van der Waals surface area contributed by atoms with Crippen molar-refractivity contribution in [1.29, 1.82) is 0 Å². The molecule has 1 heterocycles. The lowest BCUT2D eigenvalue weighted by Gasteiger charge is -2.30. The highest BCUT2D eigenvalue weighted by Gasteiger charge is 2.40. The average Bonchev–Trinajstić information content (AvgIpc) is 2.87. The highest BCUT2D eigenvalue weighted by Crippen LogP contribution is 2.36. The van der Waals surface area contributed by atoms with Gasteiger partial charge in [-0.05, 0) is 30.6 Å². The Morgan fingerprint density at radius 2 is 1.75 bits per heavy atom. The molecule has 0 saturated carbocycles. The molecule has 4 nitrogen and oxygen atoms in total.